The SMILES string of the molecule is COc1ccc(N)cc1NC(=O)CSC(C)CO. The lowest BCUT2D eigenvalue weighted by Gasteiger charge is -2.12. The first-order valence-electron chi connectivity index (χ1n) is 5.52. The Morgan fingerprint density at radius 2 is 2.33 bits per heavy atom. The van der Waals surface area contributed by atoms with Gasteiger partial charge in [0.2, 0.25) is 5.91 Å². The van der Waals surface area contributed by atoms with E-state index in [0.717, 1.165) is 0 Å². The molecule has 0 aliphatic heterocycles. The van der Waals surface area contributed by atoms with Gasteiger partial charge in [-0.2, -0.15) is 0 Å². The highest BCUT2D eigenvalue weighted by Gasteiger charge is 2.10. The Labute approximate surface area is 111 Å². The van der Waals surface area contributed by atoms with Crippen LogP contribution in [-0.2, 0) is 4.79 Å². The van der Waals surface area contributed by atoms with Crippen LogP contribution in [0.1, 0.15) is 6.92 Å². The number of anilines is 2. The van der Waals surface area contributed by atoms with Crippen molar-refractivity contribution in [2.45, 2.75) is 12.2 Å². The van der Waals surface area contributed by atoms with Gasteiger partial charge in [0.05, 0.1) is 25.2 Å². The Kier molecular flexibility index (Phi) is 5.80. The first kappa shape index (κ1) is 14.7. The molecule has 0 bridgehead atoms. The summed E-state index contributed by atoms with van der Waals surface area (Å²) < 4.78 is 5.13. The molecule has 6 heteroatoms. The number of nitrogens with two attached hydrogens (primary N) is 1. The summed E-state index contributed by atoms with van der Waals surface area (Å²) in [5, 5.41) is 11.6. The Balaban J connectivity index is 2.61. The summed E-state index contributed by atoms with van der Waals surface area (Å²) >= 11 is 1.39. The summed E-state index contributed by atoms with van der Waals surface area (Å²) in [6.45, 7) is 1.92. The molecule has 0 spiro atoms. The van der Waals surface area contributed by atoms with Crippen LogP contribution in [0, 0.1) is 0 Å². The van der Waals surface area contributed by atoms with Crippen molar-refractivity contribution in [2.24, 2.45) is 0 Å². The molecule has 0 saturated carbocycles. The Bertz CT molecular complexity index is 412. The zero-order valence-electron chi connectivity index (χ0n) is 10.5. The van der Waals surface area contributed by atoms with Crippen molar-refractivity contribution >= 4 is 29.0 Å². The van der Waals surface area contributed by atoms with Crippen LogP contribution >= 0.6 is 11.8 Å². The van der Waals surface area contributed by atoms with E-state index in [1.54, 1.807) is 18.2 Å². The topological polar surface area (TPSA) is 84.6 Å². The van der Waals surface area contributed by atoms with Crippen molar-refractivity contribution in [1.82, 2.24) is 0 Å². The summed E-state index contributed by atoms with van der Waals surface area (Å²) in [7, 11) is 1.53. The molecule has 0 aliphatic rings. The number of methoxy groups -OCH3 is 1. The second-order valence-electron chi connectivity index (χ2n) is 3.81. The lowest BCUT2D eigenvalue weighted by molar-refractivity contribution is -0.113. The maximum Gasteiger partial charge on any atom is 0.234 e. The molecule has 1 amide bonds. The summed E-state index contributed by atoms with van der Waals surface area (Å²) in [6, 6.07) is 5.06. The van der Waals surface area contributed by atoms with Gasteiger partial charge in [0, 0.05) is 10.9 Å². The normalized spacial score (nSPS) is 11.9. The average Bonchev–Trinajstić information content (AvgIpc) is 2.36. The number of rotatable bonds is 6. The average molecular weight is 270 g/mol. The largest absolute Gasteiger partial charge is 0.495 e. The minimum absolute atomic E-state index is 0.0403. The van der Waals surface area contributed by atoms with Gasteiger partial charge in [-0.25, -0.2) is 0 Å². The van der Waals surface area contributed by atoms with Gasteiger partial charge in [-0.05, 0) is 18.2 Å². The summed E-state index contributed by atoms with van der Waals surface area (Å²) in [5.41, 5.74) is 6.77. The maximum atomic E-state index is 11.7. The smallest absolute Gasteiger partial charge is 0.234 e. The van der Waals surface area contributed by atoms with Crippen LogP contribution in [0.3, 0.4) is 0 Å². The summed E-state index contributed by atoms with van der Waals surface area (Å²) in [5.74, 6) is 0.696. The molecule has 5 nitrogen and oxygen atoms in total. The second kappa shape index (κ2) is 7.13. The predicted octanol–water partition coefficient (Wildman–Crippen LogP) is 1.33. The van der Waals surface area contributed by atoms with Gasteiger partial charge in [0.1, 0.15) is 5.75 Å². The fourth-order valence-electron chi connectivity index (χ4n) is 1.28. The monoisotopic (exact) mass is 270 g/mol. The molecule has 0 radical (unpaired) electrons. The van der Waals surface area contributed by atoms with Crippen LogP contribution in [0.2, 0.25) is 0 Å². The number of aliphatic hydroxyl groups excluding tert-OH is 1. The van der Waals surface area contributed by atoms with Crippen molar-refractivity contribution in [3.05, 3.63) is 18.2 Å². The minimum atomic E-state index is -0.149. The van der Waals surface area contributed by atoms with Gasteiger partial charge < -0.3 is 20.9 Å². The molecule has 0 heterocycles. The number of carbonyl (C=O) groups excluding carboxylic acids is 1. The molecular weight excluding hydrogens is 252 g/mol. The molecule has 4 N–H and O–H groups in total. The molecule has 100 valence electrons. The van der Waals surface area contributed by atoms with Crippen LogP contribution in [0.4, 0.5) is 11.4 Å². The Hall–Kier alpha value is -1.40. The predicted molar refractivity (Wildman–Crippen MR) is 75.0 cm³/mol. The molecule has 18 heavy (non-hydrogen) atoms. The zero-order chi connectivity index (χ0) is 13.5. The van der Waals surface area contributed by atoms with Gasteiger partial charge in [0.25, 0.3) is 0 Å². The van der Waals surface area contributed by atoms with Gasteiger partial charge >= 0.3 is 0 Å². The van der Waals surface area contributed by atoms with E-state index >= 15 is 0 Å². The fraction of sp³-hybridized carbons (Fsp3) is 0.417. The molecule has 1 aromatic rings. The molecule has 1 aromatic carbocycles. The van der Waals surface area contributed by atoms with Gasteiger partial charge in [-0.15, -0.1) is 11.8 Å². The molecule has 0 saturated heterocycles. The van der Waals surface area contributed by atoms with Crippen molar-refractivity contribution in [3.63, 3.8) is 0 Å². The van der Waals surface area contributed by atoms with E-state index in [1.807, 2.05) is 6.92 Å². The minimum Gasteiger partial charge on any atom is -0.495 e. The quantitative estimate of drug-likeness (QED) is 0.679. The van der Waals surface area contributed by atoms with Crippen LogP contribution in [0.15, 0.2) is 18.2 Å². The number of hydrogen-bond acceptors (Lipinski definition) is 5. The van der Waals surface area contributed by atoms with E-state index < -0.39 is 0 Å². The number of ether oxygens (including phenoxy) is 1. The van der Waals surface area contributed by atoms with E-state index in [1.165, 1.54) is 18.9 Å². The van der Waals surface area contributed by atoms with Crippen LogP contribution < -0.4 is 15.8 Å². The zero-order valence-corrected chi connectivity index (χ0v) is 11.3. The van der Waals surface area contributed by atoms with Crippen LogP contribution in [0.25, 0.3) is 0 Å². The summed E-state index contributed by atoms with van der Waals surface area (Å²) in [6.07, 6.45) is 0. The molecule has 1 atom stereocenters. The lowest BCUT2D eigenvalue weighted by atomic mass is 10.2. The van der Waals surface area contributed by atoms with Gasteiger partial charge in [-0.3, -0.25) is 4.79 Å². The first-order chi connectivity index (χ1) is 8.56. The van der Waals surface area contributed by atoms with Crippen molar-refractivity contribution < 1.29 is 14.6 Å². The van der Waals surface area contributed by atoms with E-state index in [4.69, 9.17) is 15.6 Å². The number of nitrogens with one attached hydrogen (secondary N) is 1. The molecule has 0 aromatic heterocycles. The van der Waals surface area contributed by atoms with Gasteiger partial charge in [-0.1, -0.05) is 6.92 Å². The molecule has 1 unspecified atom stereocenters. The first-order valence-corrected chi connectivity index (χ1v) is 6.57. The van der Waals surface area contributed by atoms with Crippen molar-refractivity contribution in [2.75, 3.05) is 30.5 Å². The summed E-state index contributed by atoms with van der Waals surface area (Å²) in [4.78, 5) is 11.7. The number of amides is 1. The standard InChI is InChI=1S/C12H18N2O3S/c1-8(6-15)18-7-12(16)14-10-5-9(13)3-4-11(10)17-2/h3-5,8,15H,6-7,13H2,1-2H3,(H,14,16). The Morgan fingerprint density at radius 3 is 2.94 bits per heavy atom. The third-order valence-corrected chi connectivity index (χ3v) is 3.40. The molecule has 0 aliphatic carbocycles. The Morgan fingerprint density at radius 1 is 1.61 bits per heavy atom. The van der Waals surface area contributed by atoms with Crippen molar-refractivity contribution in [3.8, 4) is 5.75 Å². The third kappa shape index (κ3) is 4.46. The third-order valence-electron chi connectivity index (χ3n) is 2.25. The van der Waals surface area contributed by atoms with Crippen molar-refractivity contribution in [1.29, 1.82) is 0 Å². The van der Waals surface area contributed by atoms with Gasteiger partial charge in [0.15, 0.2) is 0 Å². The number of hydrogen-bond donors (Lipinski definition) is 3. The van der Waals surface area contributed by atoms with E-state index in [2.05, 4.69) is 5.32 Å². The highest BCUT2D eigenvalue weighted by Crippen LogP contribution is 2.26. The lowest BCUT2D eigenvalue weighted by Crippen LogP contribution is -2.17. The molecule has 1 rings (SSSR count). The van der Waals surface area contributed by atoms with Crippen LogP contribution in [0.5, 0.6) is 5.75 Å². The molecular formula is C12H18N2O3S. The van der Waals surface area contributed by atoms with E-state index in [0.29, 0.717) is 17.1 Å². The highest BCUT2D eigenvalue weighted by atomic mass is 32.2. The fourth-order valence-corrected chi connectivity index (χ4v) is 1.89. The van der Waals surface area contributed by atoms with Crippen LogP contribution in [-0.4, -0.2) is 35.7 Å². The number of nitrogen functional groups attached to an aromatic ring is 1. The molecule has 0 fully saturated rings. The second-order valence-corrected chi connectivity index (χ2v) is 5.24. The maximum absolute atomic E-state index is 11.7. The highest BCUT2D eigenvalue weighted by molar-refractivity contribution is 8.00. The van der Waals surface area contributed by atoms with E-state index in [9.17, 15) is 4.79 Å². The number of thioether (sulfide) groups is 1. The number of carbonyl (C=O) groups is 1. The van der Waals surface area contributed by atoms with E-state index in [-0.39, 0.29) is 23.5 Å². The number of aliphatic hydroxyl groups is 1. The number of benzene rings is 1.